The predicted octanol–water partition coefficient (Wildman–Crippen LogP) is 2.95. The summed E-state index contributed by atoms with van der Waals surface area (Å²) in [4.78, 5) is 0.227. The van der Waals surface area contributed by atoms with Crippen LogP contribution in [-0.2, 0) is 21.4 Å². The van der Waals surface area contributed by atoms with Gasteiger partial charge in [-0.15, -0.1) is 0 Å². The Bertz CT molecular complexity index is 756. The highest BCUT2D eigenvalue weighted by atomic mass is 32.2. The Balaban J connectivity index is 2.29. The maximum atomic E-state index is 12.5. The number of benzene rings is 2. The molecule has 0 fully saturated rings. The topological polar surface area (TPSA) is 64.6 Å². The number of hydrogen-bond donors (Lipinski definition) is 1. The van der Waals surface area contributed by atoms with Crippen molar-refractivity contribution in [2.45, 2.75) is 18.4 Å². The van der Waals surface area contributed by atoms with Gasteiger partial charge in [0.1, 0.15) is 5.75 Å². The third kappa shape index (κ3) is 3.78. The van der Waals surface area contributed by atoms with Crippen molar-refractivity contribution >= 4 is 15.7 Å². The summed E-state index contributed by atoms with van der Waals surface area (Å²) in [5.41, 5.74) is 2.03. The fourth-order valence-electron chi connectivity index (χ4n) is 2.15. The monoisotopic (exact) mass is 321 g/mol. The van der Waals surface area contributed by atoms with Crippen LogP contribution in [0.3, 0.4) is 0 Å². The summed E-state index contributed by atoms with van der Waals surface area (Å²) in [6, 6.07) is 12.0. The number of sulfonamides is 1. The fourth-order valence-corrected chi connectivity index (χ4v) is 3.43. The molecule has 0 heterocycles. The van der Waals surface area contributed by atoms with E-state index >= 15 is 0 Å². The molecule has 5 nitrogen and oxygen atoms in total. The number of rotatable bonds is 6. The number of nitrogens with one attached hydrogen (secondary N) is 1. The van der Waals surface area contributed by atoms with Gasteiger partial charge in [-0.3, -0.25) is 4.72 Å². The summed E-state index contributed by atoms with van der Waals surface area (Å²) in [7, 11) is -0.508. The van der Waals surface area contributed by atoms with Crippen molar-refractivity contribution in [1.29, 1.82) is 0 Å². The standard InChI is InChI=1S/C16H19NO4S/c1-12-9-15(21-3)7-8-16(12)22(18,19)17-14-6-4-5-13(10-14)11-20-2/h4-10,17H,11H2,1-3H3. The maximum absolute atomic E-state index is 12.5. The maximum Gasteiger partial charge on any atom is 0.262 e. The predicted molar refractivity (Wildman–Crippen MR) is 85.7 cm³/mol. The van der Waals surface area contributed by atoms with Crippen molar-refractivity contribution in [3.05, 3.63) is 53.6 Å². The number of hydrogen-bond acceptors (Lipinski definition) is 4. The molecule has 0 aliphatic rings. The van der Waals surface area contributed by atoms with Crippen LogP contribution in [0.15, 0.2) is 47.4 Å². The van der Waals surface area contributed by atoms with Gasteiger partial charge in [-0.05, 0) is 48.4 Å². The van der Waals surface area contributed by atoms with E-state index in [1.807, 2.05) is 6.07 Å². The summed E-state index contributed by atoms with van der Waals surface area (Å²) in [6.07, 6.45) is 0. The molecule has 1 N–H and O–H groups in total. The largest absolute Gasteiger partial charge is 0.497 e. The normalized spacial score (nSPS) is 11.2. The first-order valence-electron chi connectivity index (χ1n) is 6.71. The molecule has 0 aliphatic carbocycles. The molecule has 0 bridgehead atoms. The second-order valence-corrected chi connectivity index (χ2v) is 6.52. The van der Waals surface area contributed by atoms with Crippen molar-refractivity contribution in [1.82, 2.24) is 0 Å². The van der Waals surface area contributed by atoms with Gasteiger partial charge >= 0.3 is 0 Å². The van der Waals surface area contributed by atoms with Crippen LogP contribution < -0.4 is 9.46 Å². The summed E-state index contributed by atoms with van der Waals surface area (Å²) >= 11 is 0. The van der Waals surface area contributed by atoms with Crippen LogP contribution in [0.5, 0.6) is 5.75 Å². The van der Waals surface area contributed by atoms with Gasteiger partial charge in [-0.1, -0.05) is 12.1 Å². The minimum Gasteiger partial charge on any atom is -0.497 e. The molecule has 6 heteroatoms. The first-order valence-corrected chi connectivity index (χ1v) is 8.20. The van der Waals surface area contributed by atoms with Gasteiger partial charge in [0, 0.05) is 12.8 Å². The molecule has 118 valence electrons. The van der Waals surface area contributed by atoms with Crippen LogP contribution in [0, 0.1) is 6.92 Å². The first-order chi connectivity index (χ1) is 10.5. The number of anilines is 1. The van der Waals surface area contributed by atoms with Crippen molar-refractivity contribution in [3.8, 4) is 5.75 Å². The Morgan fingerprint density at radius 3 is 2.50 bits per heavy atom. The SMILES string of the molecule is COCc1cccc(NS(=O)(=O)c2ccc(OC)cc2C)c1. The molecular weight excluding hydrogens is 302 g/mol. The molecule has 0 spiro atoms. The summed E-state index contributed by atoms with van der Waals surface area (Å²) < 4.78 is 37.7. The lowest BCUT2D eigenvalue weighted by Gasteiger charge is -2.12. The molecule has 0 atom stereocenters. The lowest BCUT2D eigenvalue weighted by atomic mass is 10.2. The number of ether oxygens (including phenoxy) is 2. The van der Waals surface area contributed by atoms with Gasteiger partial charge in [-0.25, -0.2) is 8.42 Å². The van der Waals surface area contributed by atoms with Crippen LogP contribution in [0.2, 0.25) is 0 Å². The van der Waals surface area contributed by atoms with E-state index in [0.717, 1.165) is 5.56 Å². The summed E-state index contributed by atoms with van der Waals surface area (Å²) in [6.45, 7) is 2.16. The van der Waals surface area contributed by atoms with Crippen LogP contribution in [0.25, 0.3) is 0 Å². The van der Waals surface area contributed by atoms with Gasteiger partial charge < -0.3 is 9.47 Å². The molecule has 2 aromatic carbocycles. The minimum absolute atomic E-state index is 0.227. The van der Waals surface area contributed by atoms with E-state index in [4.69, 9.17) is 9.47 Å². The average molecular weight is 321 g/mol. The average Bonchev–Trinajstić information content (AvgIpc) is 2.47. The lowest BCUT2D eigenvalue weighted by molar-refractivity contribution is 0.185. The van der Waals surface area contributed by atoms with Crippen molar-refractivity contribution in [3.63, 3.8) is 0 Å². The van der Waals surface area contributed by atoms with Gasteiger partial charge in [0.05, 0.1) is 18.6 Å². The van der Waals surface area contributed by atoms with E-state index < -0.39 is 10.0 Å². The zero-order valence-corrected chi connectivity index (χ0v) is 13.6. The van der Waals surface area contributed by atoms with E-state index in [-0.39, 0.29) is 4.90 Å². The van der Waals surface area contributed by atoms with E-state index in [1.165, 1.54) is 6.07 Å². The Hall–Kier alpha value is -2.05. The third-order valence-corrected chi connectivity index (χ3v) is 4.70. The van der Waals surface area contributed by atoms with E-state index in [1.54, 1.807) is 51.5 Å². The highest BCUT2D eigenvalue weighted by Crippen LogP contribution is 2.23. The first kappa shape index (κ1) is 16.3. The zero-order valence-electron chi connectivity index (χ0n) is 12.8. The molecule has 0 unspecified atom stereocenters. The third-order valence-electron chi connectivity index (χ3n) is 3.16. The Labute approximate surface area is 130 Å². The number of methoxy groups -OCH3 is 2. The Morgan fingerprint density at radius 2 is 1.86 bits per heavy atom. The molecule has 0 saturated heterocycles. The molecule has 0 radical (unpaired) electrons. The summed E-state index contributed by atoms with van der Waals surface area (Å²) in [5.74, 6) is 0.624. The van der Waals surface area contributed by atoms with Gasteiger partial charge in [0.2, 0.25) is 0 Å². The van der Waals surface area contributed by atoms with Crippen molar-refractivity contribution in [2.75, 3.05) is 18.9 Å². The molecule has 0 aromatic heterocycles. The van der Waals surface area contributed by atoms with Crippen LogP contribution >= 0.6 is 0 Å². The highest BCUT2D eigenvalue weighted by molar-refractivity contribution is 7.92. The minimum atomic E-state index is -3.65. The van der Waals surface area contributed by atoms with Gasteiger partial charge in [-0.2, -0.15) is 0 Å². The molecule has 2 aromatic rings. The molecule has 0 amide bonds. The van der Waals surface area contributed by atoms with Crippen LogP contribution in [-0.4, -0.2) is 22.6 Å². The van der Waals surface area contributed by atoms with E-state index in [2.05, 4.69) is 4.72 Å². The van der Waals surface area contributed by atoms with Crippen LogP contribution in [0.1, 0.15) is 11.1 Å². The van der Waals surface area contributed by atoms with E-state index in [0.29, 0.717) is 23.6 Å². The molecule has 2 rings (SSSR count). The fraction of sp³-hybridized carbons (Fsp3) is 0.250. The molecule has 0 saturated carbocycles. The lowest BCUT2D eigenvalue weighted by Crippen LogP contribution is -2.14. The van der Waals surface area contributed by atoms with E-state index in [9.17, 15) is 8.42 Å². The molecular formula is C16H19NO4S. The van der Waals surface area contributed by atoms with Gasteiger partial charge in [0.25, 0.3) is 10.0 Å². The molecule has 0 aliphatic heterocycles. The van der Waals surface area contributed by atoms with Gasteiger partial charge in [0.15, 0.2) is 0 Å². The Kier molecular flexibility index (Phi) is 5.05. The Morgan fingerprint density at radius 1 is 1.09 bits per heavy atom. The highest BCUT2D eigenvalue weighted by Gasteiger charge is 2.17. The quantitative estimate of drug-likeness (QED) is 0.888. The van der Waals surface area contributed by atoms with Crippen molar-refractivity contribution < 1.29 is 17.9 Å². The summed E-state index contributed by atoms with van der Waals surface area (Å²) in [5, 5.41) is 0. The number of aryl methyl sites for hydroxylation is 1. The second-order valence-electron chi connectivity index (χ2n) is 4.87. The van der Waals surface area contributed by atoms with Crippen LogP contribution in [0.4, 0.5) is 5.69 Å². The van der Waals surface area contributed by atoms with Crippen molar-refractivity contribution in [2.24, 2.45) is 0 Å². The zero-order chi connectivity index (χ0) is 16.2. The smallest absolute Gasteiger partial charge is 0.262 e. The molecule has 22 heavy (non-hydrogen) atoms. The second kappa shape index (κ2) is 6.81.